The molecule has 0 aromatic heterocycles. The summed E-state index contributed by atoms with van der Waals surface area (Å²) in [4.78, 5) is 33.7. The molecule has 0 saturated heterocycles. The number of methoxy groups -OCH3 is 1. The molecule has 0 amide bonds. The molecule has 1 aromatic carbocycles. The van der Waals surface area contributed by atoms with E-state index in [9.17, 15) is 19.7 Å². The van der Waals surface area contributed by atoms with E-state index in [0.29, 0.717) is 5.69 Å². The van der Waals surface area contributed by atoms with E-state index in [0.717, 1.165) is 18.9 Å². The highest BCUT2D eigenvalue weighted by Crippen LogP contribution is 2.31. The molecule has 0 bridgehead atoms. The zero-order valence-corrected chi connectivity index (χ0v) is 12.2. The van der Waals surface area contributed by atoms with Gasteiger partial charge in [-0.3, -0.25) is 10.1 Å². The molecule has 1 aliphatic rings. The first kappa shape index (κ1) is 15.7. The Hall–Kier alpha value is -2.64. The van der Waals surface area contributed by atoms with Crippen molar-refractivity contribution in [1.29, 1.82) is 0 Å². The van der Waals surface area contributed by atoms with Crippen molar-refractivity contribution in [2.75, 3.05) is 12.4 Å². The lowest BCUT2D eigenvalue weighted by molar-refractivity contribution is -0.384. The van der Waals surface area contributed by atoms with Gasteiger partial charge in [0.1, 0.15) is 5.69 Å². The number of hydrogen-bond acceptors (Lipinski definition) is 7. The highest BCUT2D eigenvalue weighted by atomic mass is 16.6. The van der Waals surface area contributed by atoms with Crippen LogP contribution < -0.4 is 5.32 Å². The maximum Gasteiger partial charge on any atom is 0.346 e. The molecule has 2 rings (SSSR count). The molecule has 0 aliphatic heterocycles. The average Bonchev–Trinajstić information content (AvgIpc) is 3.30. The number of ether oxygens (including phenoxy) is 2. The Bertz CT molecular complexity index is 611. The number of nitro benzene ring substituents is 1. The summed E-state index contributed by atoms with van der Waals surface area (Å²) in [6.07, 6.45) is 0.857. The van der Waals surface area contributed by atoms with Gasteiger partial charge >= 0.3 is 11.9 Å². The van der Waals surface area contributed by atoms with Crippen LogP contribution in [0.2, 0.25) is 0 Å². The lowest BCUT2D eigenvalue weighted by Gasteiger charge is -2.11. The van der Waals surface area contributed by atoms with Crippen molar-refractivity contribution in [3.8, 4) is 0 Å². The number of esters is 2. The van der Waals surface area contributed by atoms with Crippen molar-refractivity contribution in [1.82, 2.24) is 0 Å². The van der Waals surface area contributed by atoms with Gasteiger partial charge < -0.3 is 14.8 Å². The van der Waals surface area contributed by atoms with E-state index in [1.54, 1.807) is 0 Å². The Kier molecular flexibility index (Phi) is 4.59. The third-order valence-electron chi connectivity index (χ3n) is 3.18. The molecule has 1 aliphatic carbocycles. The van der Waals surface area contributed by atoms with E-state index in [4.69, 9.17) is 4.74 Å². The summed E-state index contributed by atoms with van der Waals surface area (Å²) in [6.45, 7) is 1.36. The van der Waals surface area contributed by atoms with Crippen LogP contribution in [0.5, 0.6) is 0 Å². The van der Waals surface area contributed by atoms with E-state index in [1.807, 2.05) is 0 Å². The van der Waals surface area contributed by atoms with Crippen LogP contribution in [0.3, 0.4) is 0 Å². The second kappa shape index (κ2) is 6.42. The van der Waals surface area contributed by atoms with Crippen molar-refractivity contribution in [3.63, 3.8) is 0 Å². The summed E-state index contributed by atoms with van der Waals surface area (Å²) in [5.74, 6) is -1.52. The molecule has 1 atom stereocenters. The third kappa shape index (κ3) is 3.72. The molecule has 0 radical (unpaired) electrons. The van der Waals surface area contributed by atoms with Gasteiger partial charge in [0.2, 0.25) is 0 Å². The first-order valence-corrected chi connectivity index (χ1v) is 6.76. The zero-order chi connectivity index (χ0) is 16.3. The van der Waals surface area contributed by atoms with E-state index < -0.39 is 23.0 Å². The number of nitro groups is 1. The number of rotatable bonds is 6. The number of anilines is 1. The Morgan fingerprint density at radius 1 is 1.41 bits per heavy atom. The molecule has 8 nitrogen and oxygen atoms in total. The van der Waals surface area contributed by atoms with Crippen LogP contribution in [0.4, 0.5) is 11.4 Å². The van der Waals surface area contributed by atoms with Crippen LogP contribution in [-0.4, -0.2) is 36.1 Å². The summed E-state index contributed by atoms with van der Waals surface area (Å²) < 4.78 is 9.35. The van der Waals surface area contributed by atoms with Crippen LogP contribution in [0.25, 0.3) is 0 Å². The molecule has 1 N–H and O–H groups in total. The average molecular weight is 308 g/mol. The molecule has 0 spiro atoms. The maximum atomic E-state index is 11.9. The predicted molar refractivity (Wildman–Crippen MR) is 76.6 cm³/mol. The highest BCUT2D eigenvalue weighted by molar-refractivity contribution is 5.93. The van der Waals surface area contributed by atoms with Crippen molar-refractivity contribution >= 4 is 23.3 Å². The fraction of sp³-hybridized carbons (Fsp3) is 0.429. The molecule has 1 aromatic rings. The fourth-order valence-corrected chi connectivity index (χ4v) is 1.82. The maximum absolute atomic E-state index is 11.9. The summed E-state index contributed by atoms with van der Waals surface area (Å²) in [6, 6.07) is 4.27. The van der Waals surface area contributed by atoms with E-state index in [1.165, 1.54) is 26.2 Å². The molecule has 0 heterocycles. The lowest BCUT2D eigenvalue weighted by Crippen LogP contribution is -2.25. The highest BCUT2D eigenvalue weighted by Gasteiger charge is 2.26. The summed E-state index contributed by atoms with van der Waals surface area (Å²) in [5, 5.41) is 14.1. The quantitative estimate of drug-likeness (QED) is 0.485. The van der Waals surface area contributed by atoms with Crippen molar-refractivity contribution in [2.45, 2.75) is 31.9 Å². The number of hydrogen-bond donors (Lipinski definition) is 1. The first-order valence-electron chi connectivity index (χ1n) is 6.76. The van der Waals surface area contributed by atoms with Gasteiger partial charge in [0.05, 0.1) is 17.6 Å². The standard InChI is InChI=1S/C14H16N2O6/c1-8(13(17)21-2)22-14(18)9-3-6-11(15-10-4-5-10)12(7-9)16(19)20/h3,6-8,10,15H,4-5H2,1-2H3/t8-/m1/s1. The first-order chi connectivity index (χ1) is 10.4. The van der Waals surface area contributed by atoms with Crippen LogP contribution in [0.15, 0.2) is 18.2 Å². The summed E-state index contributed by atoms with van der Waals surface area (Å²) >= 11 is 0. The van der Waals surface area contributed by atoms with Crippen molar-refractivity contribution in [2.24, 2.45) is 0 Å². The largest absolute Gasteiger partial charge is 0.466 e. The number of carbonyl (C=O) groups is 2. The molecule has 1 fully saturated rings. The lowest BCUT2D eigenvalue weighted by atomic mass is 10.1. The second-order valence-electron chi connectivity index (χ2n) is 4.98. The van der Waals surface area contributed by atoms with Gasteiger partial charge in [-0.1, -0.05) is 0 Å². The molecule has 1 saturated carbocycles. The molecule has 0 unspecified atom stereocenters. The van der Waals surface area contributed by atoms with Gasteiger partial charge in [-0.15, -0.1) is 0 Å². The number of nitrogens with one attached hydrogen (secondary N) is 1. The van der Waals surface area contributed by atoms with Crippen molar-refractivity contribution in [3.05, 3.63) is 33.9 Å². The van der Waals surface area contributed by atoms with Gasteiger partial charge in [0.25, 0.3) is 5.69 Å². The Labute approximate surface area is 126 Å². The monoisotopic (exact) mass is 308 g/mol. The molecule has 22 heavy (non-hydrogen) atoms. The van der Waals surface area contributed by atoms with Gasteiger partial charge in [0, 0.05) is 12.1 Å². The molecule has 118 valence electrons. The minimum atomic E-state index is -1.08. The summed E-state index contributed by atoms with van der Waals surface area (Å²) in [5.41, 5.74) is 0.168. The topological polar surface area (TPSA) is 108 Å². The van der Waals surface area contributed by atoms with Gasteiger partial charge in [-0.05, 0) is 31.9 Å². The Balaban J connectivity index is 2.16. The van der Waals surface area contributed by atoms with Crippen molar-refractivity contribution < 1.29 is 24.0 Å². The third-order valence-corrected chi connectivity index (χ3v) is 3.18. The van der Waals surface area contributed by atoms with Crippen LogP contribution in [-0.2, 0) is 14.3 Å². The molecule has 8 heteroatoms. The fourth-order valence-electron chi connectivity index (χ4n) is 1.82. The van der Waals surface area contributed by atoms with Gasteiger partial charge in [0.15, 0.2) is 6.10 Å². The minimum absolute atomic E-state index is 0.00352. The normalized spacial score (nSPS) is 14.8. The predicted octanol–water partition coefficient (Wildman–Crippen LogP) is 1.89. The van der Waals surface area contributed by atoms with E-state index in [-0.39, 0.29) is 17.3 Å². The van der Waals surface area contributed by atoms with Crippen LogP contribution in [0, 0.1) is 10.1 Å². The van der Waals surface area contributed by atoms with Crippen LogP contribution >= 0.6 is 0 Å². The Morgan fingerprint density at radius 3 is 2.64 bits per heavy atom. The van der Waals surface area contributed by atoms with E-state index >= 15 is 0 Å². The minimum Gasteiger partial charge on any atom is -0.466 e. The molecular formula is C14H16N2O6. The smallest absolute Gasteiger partial charge is 0.346 e. The van der Waals surface area contributed by atoms with E-state index in [2.05, 4.69) is 10.1 Å². The number of carbonyl (C=O) groups excluding carboxylic acids is 2. The number of benzene rings is 1. The number of nitrogens with zero attached hydrogens (tertiary/aromatic N) is 1. The SMILES string of the molecule is COC(=O)[C@@H](C)OC(=O)c1ccc(NC2CC2)c([N+](=O)[O-])c1. The molecular weight excluding hydrogens is 292 g/mol. The second-order valence-corrected chi connectivity index (χ2v) is 4.98. The summed E-state index contributed by atoms with van der Waals surface area (Å²) in [7, 11) is 1.18. The van der Waals surface area contributed by atoms with Crippen LogP contribution in [0.1, 0.15) is 30.1 Å². The zero-order valence-electron chi connectivity index (χ0n) is 12.2. The van der Waals surface area contributed by atoms with Gasteiger partial charge in [-0.25, -0.2) is 9.59 Å². The Morgan fingerprint density at radius 2 is 2.09 bits per heavy atom. The van der Waals surface area contributed by atoms with Gasteiger partial charge in [-0.2, -0.15) is 0 Å².